The van der Waals surface area contributed by atoms with E-state index >= 15 is 0 Å². The number of rotatable bonds is 9. The lowest BCUT2D eigenvalue weighted by atomic mass is 10.1. The van der Waals surface area contributed by atoms with Gasteiger partial charge in [0.1, 0.15) is 18.1 Å². The molecule has 2 aromatic heterocycles. The number of Topliss-reactive ketones (excluding diaryl/α,β-unsaturated/α-hetero) is 1. The Bertz CT molecular complexity index is 1260. The second-order valence-corrected chi connectivity index (χ2v) is 8.46. The molecule has 7 nitrogen and oxygen atoms in total. The molecule has 2 aromatic carbocycles. The molecule has 0 spiro atoms. The number of hydrogen-bond acceptors (Lipinski definition) is 6. The van der Waals surface area contributed by atoms with Gasteiger partial charge in [0.2, 0.25) is 0 Å². The first kappa shape index (κ1) is 22.1. The van der Waals surface area contributed by atoms with Gasteiger partial charge in [0, 0.05) is 17.7 Å². The van der Waals surface area contributed by atoms with Crippen molar-refractivity contribution >= 4 is 11.4 Å². The Morgan fingerprint density at radius 1 is 0.941 bits per heavy atom. The van der Waals surface area contributed by atoms with Crippen molar-refractivity contribution in [2.24, 2.45) is 0 Å². The van der Waals surface area contributed by atoms with Gasteiger partial charge in [-0.15, -0.1) is 0 Å². The number of methoxy groups -OCH3 is 1. The third-order valence-electron chi connectivity index (χ3n) is 6.16. The van der Waals surface area contributed by atoms with Gasteiger partial charge >= 0.3 is 0 Å². The van der Waals surface area contributed by atoms with E-state index in [1.54, 1.807) is 11.6 Å². The van der Waals surface area contributed by atoms with Crippen LogP contribution in [0.1, 0.15) is 29.0 Å². The molecule has 3 heterocycles. The molecule has 1 fully saturated rings. The smallest absolute Gasteiger partial charge is 0.170 e. The maximum atomic E-state index is 12.9. The molecule has 0 amide bonds. The molecule has 1 aliphatic heterocycles. The Labute approximate surface area is 198 Å². The molecule has 174 valence electrons. The SMILES string of the molecule is COc1ccc(-c2cccc3nc(CC(=O)c4ccc(OCCN5CCCC5)cc4)nn23)cc1. The molecule has 1 saturated heterocycles. The summed E-state index contributed by atoms with van der Waals surface area (Å²) < 4.78 is 12.9. The highest BCUT2D eigenvalue weighted by atomic mass is 16.5. The monoisotopic (exact) mass is 456 g/mol. The van der Waals surface area contributed by atoms with Gasteiger partial charge in [0.15, 0.2) is 17.3 Å². The van der Waals surface area contributed by atoms with E-state index in [0.29, 0.717) is 23.6 Å². The first-order valence-corrected chi connectivity index (χ1v) is 11.7. The first-order chi connectivity index (χ1) is 16.7. The number of likely N-dealkylation sites (tertiary alicyclic amines) is 1. The topological polar surface area (TPSA) is 69.0 Å². The molecule has 0 N–H and O–H groups in total. The standard InChI is InChI=1S/C27H28N4O3/c1-33-22-11-7-20(8-12-22)24-5-4-6-27-28-26(29-31(24)27)19-25(32)21-9-13-23(14-10-21)34-18-17-30-15-2-3-16-30/h4-14H,2-3,15-19H2,1H3. The third kappa shape index (κ3) is 4.94. The van der Waals surface area contributed by atoms with Crippen molar-refractivity contribution in [3.05, 3.63) is 78.1 Å². The van der Waals surface area contributed by atoms with Gasteiger partial charge < -0.3 is 9.47 Å². The maximum absolute atomic E-state index is 12.9. The first-order valence-electron chi connectivity index (χ1n) is 11.7. The predicted octanol–water partition coefficient (Wildman–Crippen LogP) is 4.30. The predicted molar refractivity (Wildman–Crippen MR) is 131 cm³/mol. The molecule has 0 unspecified atom stereocenters. The van der Waals surface area contributed by atoms with Crippen LogP contribution < -0.4 is 9.47 Å². The number of ketones is 1. The van der Waals surface area contributed by atoms with Gasteiger partial charge in [-0.2, -0.15) is 5.10 Å². The number of hydrogen-bond donors (Lipinski definition) is 0. The van der Waals surface area contributed by atoms with Crippen LogP contribution in [0.25, 0.3) is 16.9 Å². The molecule has 0 radical (unpaired) electrons. The fourth-order valence-electron chi connectivity index (χ4n) is 4.29. The summed E-state index contributed by atoms with van der Waals surface area (Å²) in [6.45, 7) is 3.93. The van der Waals surface area contributed by atoms with E-state index < -0.39 is 0 Å². The summed E-state index contributed by atoms with van der Waals surface area (Å²) >= 11 is 0. The molecule has 7 heteroatoms. The Balaban J connectivity index is 1.25. The zero-order valence-corrected chi connectivity index (χ0v) is 19.3. The minimum Gasteiger partial charge on any atom is -0.497 e. The zero-order chi connectivity index (χ0) is 23.3. The molecular weight excluding hydrogens is 428 g/mol. The minimum absolute atomic E-state index is 0.0227. The summed E-state index contributed by atoms with van der Waals surface area (Å²) in [5.74, 6) is 2.05. The van der Waals surface area contributed by atoms with E-state index in [2.05, 4.69) is 15.0 Å². The van der Waals surface area contributed by atoms with Crippen LogP contribution in [-0.2, 0) is 6.42 Å². The summed E-state index contributed by atoms with van der Waals surface area (Å²) in [7, 11) is 1.65. The van der Waals surface area contributed by atoms with Crippen LogP contribution in [0.2, 0.25) is 0 Å². The summed E-state index contributed by atoms with van der Waals surface area (Å²) in [6, 6.07) is 20.9. The van der Waals surface area contributed by atoms with Crippen molar-refractivity contribution in [2.45, 2.75) is 19.3 Å². The van der Waals surface area contributed by atoms with Gasteiger partial charge in [-0.05, 0) is 86.6 Å². The molecule has 4 aromatic rings. The molecule has 5 rings (SSSR count). The summed E-state index contributed by atoms with van der Waals surface area (Å²) in [6.07, 6.45) is 2.69. The van der Waals surface area contributed by atoms with Crippen LogP contribution in [0.3, 0.4) is 0 Å². The quantitative estimate of drug-likeness (QED) is 0.350. The molecule has 0 atom stereocenters. The van der Waals surface area contributed by atoms with E-state index in [0.717, 1.165) is 42.4 Å². The van der Waals surface area contributed by atoms with Gasteiger partial charge in [0.05, 0.1) is 19.2 Å². The van der Waals surface area contributed by atoms with Crippen LogP contribution in [-0.4, -0.2) is 58.6 Å². The number of pyridine rings is 1. The third-order valence-corrected chi connectivity index (χ3v) is 6.16. The number of aromatic nitrogens is 3. The van der Waals surface area contributed by atoms with Crippen LogP contribution in [0, 0.1) is 0 Å². The van der Waals surface area contributed by atoms with Crippen molar-refractivity contribution in [1.82, 2.24) is 19.5 Å². The van der Waals surface area contributed by atoms with Crippen LogP contribution in [0.5, 0.6) is 11.5 Å². The Kier molecular flexibility index (Phi) is 6.53. The minimum atomic E-state index is -0.0227. The van der Waals surface area contributed by atoms with Crippen LogP contribution in [0.15, 0.2) is 66.7 Å². The lowest BCUT2D eigenvalue weighted by molar-refractivity contribution is 0.0991. The molecule has 0 bridgehead atoms. The lowest BCUT2D eigenvalue weighted by Gasteiger charge is -2.14. The second-order valence-electron chi connectivity index (χ2n) is 8.46. The maximum Gasteiger partial charge on any atom is 0.170 e. The lowest BCUT2D eigenvalue weighted by Crippen LogP contribution is -2.25. The summed E-state index contributed by atoms with van der Waals surface area (Å²) in [5, 5.41) is 4.62. The number of fused-ring (bicyclic) bond motifs is 1. The van der Waals surface area contributed by atoms with Crippen molar-refractivity contribution in [1.29, 1.82) is 0 Å². The van der Waals surface area contributed by atoms with E-state index in [4.69, 9.17) is 9.47 Å². The molecule has 34 heavy (non-hydrogen) atoms. The second kappa shape index (κ2) is 10.1. The fraction of sp³-hybridized carbons (Fsp3) is 0.296. The van der Waals surface area contributed by atoms with Crippen molar-refractivity contribution < 1.29 is 14.3 Å². The zero-order valence-electron chi connectivity index (χ0n) is 19.3. The van der Waals surface area contributed by atoms with E-state index in [1.807, 2.05) is 66.7 Å². The number of ether oxygens (including phenoxy) is 2. The highest BCUT2D eigenvalue weighted by molar-refractivity contribution is 5.97. The number of carbonyl (C=O) groups excluding carboxylic acids is 1. The van der Waals surface area contributed by atoms with Crippen LogP contribution >= 0.6 is 0 Å². The Morgan fingerprint density at radius 2 is 1.68 bits per heavy atom. The van der Waals surface area contributed by atoms with Crippen molar-refractivity contribution in [3.8, 4) is 22.8 Å². The van der Waals surface area contributed by atoms with Crippen molar-refractivity contribution in [2.75, 3.05) is 33.4 Å². The average Bonchev–Trinajstić information content (AvgIpc) is 3.54. The van der Waals surface area contributed by atoms with Crippen molar-refractivity contribution in [3.63, 3.8) is 0 Å². The highest BCUT2D eigenvalue weighted by Gasteiger charge is 2.14. The van der Waals surface area contributed by atoms with Gasteiger partial charge in [0.25, 0.3) is 0 Å². The number of benzene rings is 2. The summed E-state index contributed by atoms with van der Waals surface area (Å²) in [4.78, 5) is 19.9. The van der Waals surface area contributed by atoms with E-state index in [1.165, 1.54) is 12.8 Å². The van der Waals surface area contributed by atoms with Gasteiger partial charge in [-0.25, -0.2) is 9.50 Å². The number of carbonyl (C=O) groups is 1. The fourth-order valence-corrected chi connectivity index (χ4v) is 4.29. The molecule has 1 aliphatic rings. The molecular formula is C27H28N4O3. The number of nitrogens with zero attached hydrogens (tertiary/aromatic N) is 4. The summed E-state index contributed by atoms with van der Waals surface area (Å²) in [5.41, 5.74) is 3.23. The van der Waals surface area contributed by atoms with E-state index in [-0.39, 0.29) is 12.2 Å². The molecule has 0 aliphatic carbocycles. The average molecular weight is 457 g/mol. The largest absolute Gasteiger partial charge is 0.497 e. The highest BCUT2D eigenvalue weighted by Crippen LogP contribution is 2.23. The van der Waals surface area contributed by atoms with Crippen LogP contribution in [0.4, 0.5) is 0 Å². The van der Waals surface area contributed by atoms with Gasteiger partial charge in [-0.1, -0.05) is 6.07 Å². The Hall–Kier alpha value is -3.71. The van der Waals surface area contributed by atoms with E-state index in [9.17, 15) is 4.79 Å². The molecule has 0 saturated carbocycles. The normalized spacial score (nSPS) is 13.9. The van der Waals surface area contributed by atoms with Gasteiger partial charge in [-0.3, -0.25) is 9.69 Å². The Morgan fingerprint density at radius 3 is 2.41 bits per heavy atom.